The maximum Gasteiger partial charge on any atom is 0.269 e. The summed E-state index contributed by atoms with van der Waals surface area (Å²) in [5.74, 6) is 1.97. The molecule has 0 unspecified atom stereocenters. The first-order valence-corrected chi connectivity index (χ1v) is 10.7. The van der Waals surface area contributed by atoms with Gasteiger partial charge in [0, 0.05) is 31.9 Å². The zero-order chi connectivity index (χ0) is 24.4. The molecular weight excluding hydrogens is 388 g/mol. The van der Waals surface area contributed by atoms with Crippen molar-refractivity contribution in [2.24, 2.45) is 0 Å². The predicted octanol–water partition coefficient (Wildman–Crippen LogP) is 7.91. The van der Waals surface area contributed by atoms with Crippen LogP contribution in [0.3, 0.4) is 0 Å². The summed E-state index contributed by atoms with van der Waals surface area (Å²) in [7, 11) is 4.09. The van der Waals surface area contributed by atoms with Gasteiger partial charge in [-0.15, -0.1) is 0 Å². The molecule has 0 bridgehead atoms. The van der Waals surface area contributed by atoms with Crippen LogP contribution in [0.15, 0.2) is 65.1 Å². The van der Waals surface area contributed by atoms with Gasteiger partial charge in [-0.05, 0) is 52.0 Å². The van der Waals surface area contributed by atoms with E-state index in [1.165, 1.54) is 23.4 Å². The lowest BCUT2D eigenvalue weighted by Crippen LogP contribution is -2.07. The monoisotopic (exact) mass is 428 g/mol. The fourth-order valence-electron chi connectivity index (χ4n) is 2.07. The van der Waals surface area contributed by atoms with Gasteiger partial charge in [0.25, 0.3) is 5.69 Å². The number of nitro benzene ring substituents is 1. The molecule has 0 saturated carbocycles. The molecule has 0 amide bonds. The molecule has 3 rings (SSSR count). The number of nitrogens with zero attached hydrogens (tertiary/aromatic N) is 2. The molecule has 0 aliphatic carbocycles. The molecule has 172 valence electrons. The van der Waals surface area contributed by atoms with Crippen LogP contribution in [0.1, 0.15) is 50.3 Å². The van der Waals surface area contributed by atoms with Gasteiger partial charge in [0.1, 0.15) is 11.5 Å². The number of non-ortho nitro benzene ring substituents is 1. The normalized spacial score (nSPS) is 8.58. The van der Waals surface area contributed by atoms with Crippen LogP contribution in [0.2, 0.25) is 0 Å². The van der Waals surface area contributed by atoms with Gasteiger partial charge in [-0.25, -0.2) is 0 Å². The number of aryl methyl sites for hydroxylation is 4. The van der Waals surface area contributed by atoms with Crippen molar-refractivity contribution in [2.75, 3.05) is 19.0 Å². The lowest BCUT2D eigenvalue weighted by Gasteiger charge is -2.11. The smallest absolute Gasteiger partial charge is 0.269 e. The maximum atomic E-state index is 10.1. The highest BCUT2D eigenvalue weighted by molar-refractivity contribution is 5.45. The number of hydrogen-bond acceptors (Lipinski definition) is 4. The molecule has 1 aromatic heterocycles. The second-order valence-electron chi connectivity index (χ2n) is 6.48. The van der Waals surface area contributed by atoms with E-state index in [4.69, 9.17) is 4.42 Å². The number of nitro groups is 1. The summed E-state index contributed by atoms with van der Waals surface area (Å²) in [6.07, 6.45) is 0. The SMILES string of the molecule is CC.CC.Cc1ccc(C)o1.Cc1ccc(N(C)C)cc1.Cc1ccc([N+](=O)[O-])cc1. The van der Waals surface area contributed by atoms with E-state index in [0.29, 0.717) is 0 Å². The summed E-state index contributed by atoms with van der Waals surface area (Å²) in [6, 6.07) is 18.8. The van der Waals surface area contributed by atoms with Crippen molar-refractivity contribution in [1.82, 2.24) is 0 Å². The molecule has 2 aromatic carbocycles. The summed E-state index contributed by atoms with van der Waals surface area (Å²) in [5, 5.41) is 10.1. The van der Waals surface area contributed by atoms with Crippen molar-refractivity contribution >= 4 is 11.4 Å². The molecule has 0 atom stereocenters. The van der Waals surface area contributed by atoms with Crippen LogP contribution < -0.4 is 4.90 Å². The van der Waals surface area contributed by atoms with Crippen molar-refractivity contribution in [1.29, 1.82) is 0 Å². The molecule has 0 radical (unpaired) electrons. The Bertz CT molecular complexity index is 804. The van der Waals surface area contributed by atoms with Crippen LogP contribution in [-0.4, -0.2) is 19.0 Å². The van der Waals surface area contributed by atoms with Gasteiger partial charge in [-0.3, -0.25) is 10.1 Å². The van der Waals surface area contributed by atoms with Gasteiger partial charge in [0.15, 0.2) is 0 Å². The average molecular weight is 429 g/mol. The third-order valence-electron chi connectivity index (χ3n) is 3.67. The molecule has 5 nitrogen and oxygen atoms in total. The minimum Gasteiger partial charge on any atom is -0.467 e. The van der Waals surface area contributed by atoms with Crippen LogP contribution in [0.5, 0.6) is 0 Å². The van der Waals surface area contributed by atoms with Crippen molar-refractivity contribution < 1.29 is 9.34 Å². The van der Waals surface area contributed by atoms with E-state index >= 15 is 0 Å². The van der Waals surface area contributed by atoms with Gasteiger partial charge in [0.05, 0.1) is 4.92 Å². The Morgan fingerprint density at radius 3 is 1.29 bits per heavy atom. The average Bonchev–Trinajstić information content (AvgIpc) is 3.15. The van der Waals surface area contributed by atoms with Crippen molar-refractivity contribution in [3.05, 3.63) is 93.4 Å². The summed E-state index contributed by atoms with van der Waals surface area (Å²) in [5.41, 5.74) is 3.74. The molecule has 0 aliphatic heterocycles. The van der Waals surface area contributed by atoms with Crippen LogP contribution in [0.25, 0.3) is 0 Å². The Kier molecular flexibility index (Phi) is 17.2. The zero-order valence-corrected chi connectivity index (χ0v) is 20.9. The maximum absolute atomic E-state index is 10.1. The van der Waals surface area contributed by atoms with Gasteiger partial charge in [-0.1, -0.05) is 63.1 Å². The topological polar surface area (TPSA) is 59.5 Å². The van der Waals surface area contributed by atoms with E-state index in [1.807, 2.05) is 74.7 Å². The standard InChI is InChI=1S/C9H13N.C7H7NO2.C6H8O.2C2H6/c1-8-4-6-9(7-5-8)10(2)3;1-6-2-4-7(5-3-6)8(9)10;1-5-3-4-6(2)7-5;2*1-2/h4-7H,1-3H3;2-5H,1H3;3-4H,1-2H3;2*1-2H3. The zero-order valence-electron chi connectivity index (χ0n) is 20.9. The minimum absolute atomic E-state index is 0.144. The van der Waals surface area contributed by atoms with E-state index in [-0.39, 0.29) is 5.69 Å². The Balaban J connectivity index is 0. The first-order valence-electron chi connectivity index (χ1n) is 10.7. The Morgan fingerprint density at radius 2 is 1.03 bits per heavy atom. The highest BCUT2D eigenvalue weighted by atomic mass is 16.6. The first kappa shape index (κ1) is 30.1. The van der Waals surface area contributed by atoms with Gasteiger partial charge >= 0.3 is 0 Å². The first-order chi connectivity index (χ1) is 14.7. The third kappa shape index (κ3) is 14.5. The Hall–Kier alpha value is -3.08. The number of hydrogen-bond donors (Lipinski definition) is 0. The number of rotatable bonds is 2. The molecule has 0 aliphatic rings. The van der Waals surface area contributed by atoms with E-state index in [9.17, 15) is 10.1 Å². The number of benzene rings is 2. The quantitative estimate of drug-likeness (QED) is 0.307. The van der Waals surface area contributed by atoms with E-state index < -0.39 is 4.92 Å². The van der Waals surface area contributed by atoms with Crippen LogP contribution in [0.4, 0.5) is 11.4 Å². The van der Waals surface area contributed by atoms with Gasteiger partial charge in [0.2, 0.25) is 0 Å². The number of furan rings is 1. The van der Waals surface area contributed by atoms with Gasteiger partial charge < -0.3 is 9.32 Å². The fraction of sp³-hybridized carbons (Fsp3) is 0.385. The van der Waals surface area contributed by atoms with Crippen LogP contribution >= 0.6 is 0 Å². The summed E-state index contributed by atoms with van der Waals surface area (Å²) in [6.45, 7) is 15.9. The third-order valence-corrected chi connectivity index (χ3v) is 3.67. The van der Waals surface area contributed by atoms with Gasteiger partial charge in [-0.2, -0.15) is 0 Å². The summed E-state index contributed by atoms with van der Waals surface area (Å²) < 4.78 is 5.08. The largest absolute Gasteiger partial charge is 0.467 e. The molecule has 0 fully saturated rings. The van der Waals surface area contributed by atoms with E-state index in [2.05, 4.69) is 36.1 Å². The summed E-state index contributed by atoms with van der Waals surface area (Å²) in [4.78, 5) is 11.8. The highest BCUT2D eigenvalue weighted by Gasteiger charge is 2.00. The van der Waals surface area contributed by atoms with Crippen molar-refractivity contribution in [2.45, 2.75) is 55.4 Å². The van der Waals surface area contributed by atoms with Crippen LogP contribution in [0, 0.1) is 37.8 Å². The van der Waals surface area contributed by atoms with E-state index in [1.54, 1.807) is 12.1 Å². The minimum atomic E-state index is -0.403. The predicted molar refractivity (Wildman–Crippen MR) is 134 cm³/mol. The Morgan fingerprint density at radius 1 is 0.677 bits per heavy atom. The molecule has 5 heteroatoms. The molecule has 3 aromatic rings. The second-order valence-corrected chi connectivity index (χ2v) is 6.48. The molecule has 0 spiro atoms. The highest BCUT2D eigenvalue weighted by Crippen LogP contribution is 2.11. The lowest BCUT2D eigenvalue weighted by molar-refractivity contribution is -0.384. The summed E-state index contributed by atoms with van der Waals surface area (Å²) >= 11 is 0. The lowest BCUT2D eigenvalue weighted by atomic mass is 10.2. The second kappa shape index (κ2) is 17.8. The van der Waals surface area contributed by atoms with Crippen molar-refractivity contribution in [3.63, 3.8) is 0 Å². The van der Waals surface area contributed by atoms with Crippen LogP contribution in [-0.2, 0) is 0 Å². The molecule has 31 heavy (non-hydrogen) atoms. The van der Waals surface area contributed by atoms with Crippen molar-refractivity contribution in [3.8, 4) is 0 Å². The van der Waals surface area contributed by atoms with E-state index in [0.717, 1.165) is 17.1 Å². The Labute approximate surface area is 188 Å². The number of anilines is 1. The molecule has 0 saturated heterocycles. The fourth-order valence-corrected chi connectivity index (χ4v) is 2.07. The molecule has 1 heterocycles. The molecular formula is C26H40N2O3. The molecule has 0 N–H and O–H groups in total.